The lowest BCUT2D eigenvalue weighted by Crippen LogP contribution is -2.14. The van der Waals surface area contributed by atoms with Crippen LogP contribution in [0.15, 0.2) is 58.9 Å². The van der Waals surface area contributed by atoms with Gasteiger partial charge in [0.25, 0.3) is 10.0 Å². The Morgan fingerprint density at radius 2 is 1.94 bits per heavy atom. The molecule has 0 saturated heterocycles. The van der Waals surface area contributed by atoms with Crippen LogP contribution in [0.3, 0.4) is 0 Å². The molecule has 4 rings (SSSR count). The van der Waals surface area contributed by atoms with E-state index in [9.17, 15) is 17.2 Å². The zero-order valence-corrected chi connectivity index (χ0v) is 18.9. The van der Waals surface area contributed by atoms with Gasteiger partial charge >= 0.3 is 0 Å². The molecule has 32 heavy (non-hydrogen) atoms. The molecule has 2 N–H and O–H groups in total. The van der Waals surface area contributed by atoms with Gasteiger partial charge in [0, 0.05) is 36.8 Å². The average molecular weight is 496 g/mol. The number of rotatable bonds is 7. The van der Waals surface area contributed by atoms with Crippen molar-refractivity contribution in [2.24, 2.45) is 7.05 Å². The summed E-state index contributed by atoms with van der Waals surface area (Å²) in [5.74, 6) is -0.878. The highest BCUT2D eigenvalue weighted by atomic mass is 35.5. The second-order valence-corrected chi connectivity index (χ2v) is 9.74. The van der Waals surface area contributed by atoms with Crippen molar-refractivity contribution < 1.29 is 17.2 Å². The summed E-state index contributed by atoms with van der Waals surface area (Å²) in [7, 11) is -2.42. The van der Waals surface area contributed by atoms with Gasteiger partial charge in [-0.2, -0.15) is 5.10 Å². The second kappa shape index (κ2) is 8.85. The summed E-state index contributed by atoms with van der Waals surface area (Å²) in [6, 6.07) is 9.97. The third kappa shape index (κ3) is 4.90. The Kier molecular flexibility index (Phi) is 6.13. The van der Waals surface area contributed by atoms with Crippen molar-refractivity contribution in [3.05, 3.63) is 82.0 Å². The lowest BCUT2D eigenvalue weighted by Gasteiger charge is -2.10. The Balaban J connectivity index is 1.51. The molecule has 4 aromatic rings. The number of hydrogen-bond donors (Lipinski definition) is 2. The molecule has 0 atom stereocenters. The van der Waals surface area contributed by atoms with Crippen LogP contribution in [0.4, 0.5) is 25.4 Å². The first kappa shape index (κ1) is 22.2. The molecule has 2 heterocycles. The smallest absolute Gasteiger partial charge is 0.266 e. The van der Waals surface area contributed by atoms with Crippen molar-refractivity contribution in [2.45, 2.75) is 11.3 Å². The molecule has 0 amide bonds. The van der Waals surface area contributed by atoms with Crippen molar-refractivity contribution in [3.63, 3.8) is 0 Å². The third-order valence-corrected chi connectivity index (χ3v) is 6.94. The van der Waals surface area contributed by atoms with Crippen molar-refractivity contribution >= 4 is 49.6 Å². The van der Waals surface area contributed by atoms with Crippen LogP contribution in [0.1, 0.15) is 11.3 Å². The first-order valence-corrected chi connectivity index (χ1v) is 11.9. The quantitative estimate of drug-likeness (QED) is 0.379. The maximum atomic E-state index is 14.6. The molecule has 2 aromatic heterocycles. The number of hydrogen-bond acceptors (Lipinski definition) is 6. The highest BCUT2D eigenvalue weighted by Crippen LogP contribution is 2.25. The van der Waals surface area contributed by atoms with E-state index in [2.05, 4.69) is 20.1 Å². The number of halogens is 3. The Morgan fingerprint density at radius 1 is 1.12 bits per heavy atom. The van der Waals surface area contributed by atoms with Crippen molar-refractivity contribution in [1.29, 1.82) is 0 Å². The van der Waals surface area contributed by atoms with Gasteiger partial charge in [-0.05, 0) is 35.9 Å². The van der Waals surface area contributed by atoms with Crippen LogP contribution in [-0.4, -0.2) is 23.2 Å². The summed E-state index contributed by atoms with van der Waals surface area (Å²) in [5.41, 5.74) is 1.69. The van der Waals surface area contributed by atoms with Crippen molar-refractivity contribution in [1.82, 2.24) is 14.8 Å². The minimum absolute atomic E-state index is 0.0477. The van der Waals surface area contributed by atoms with E-state index in [1.54, 1.807) is 29.2 Å². The molecule has 166 valence electrons. The molecule has 2 aromatic carbocycles. The molecule has 0 aliphatic carbocycles. The average Bonchev–Trinajstić information content (AvgIpc) is 3.34. The molecule has 0 aliphatic heterocycles. The predicted molar refractivity (Wildman–Crippen MR) is 120 cm³/mol. The Bertz CT molecular complexity index is 1370. The van der Waals surface area contributed by atoms with Crippen LogP contribution in [0, 0.1) is 11.6 Å². The molecule has 0 radical (unpaired) electrons. The van der Waals surface area contributed by atoms with Gasteiger partial charge in [0.15, 0.2) is 5.13 Å². The number of sulfonamides is 1. The molecule has 12 heteroatoms. The first-order chi connectivity index (χ1) is 15.2. The Hall–Kier alpha value is -3.02. The van der Waals surface area contributed by atoms with E-state index in [-0.39, 0.29) is 10.2 Å². The molecule has 0 aliphatic rings. The summed E-state index contributed by atoms with van der Waals surface area (Å²) in [6.45, 7) is 0. The zero-order valence-electron chi connectivity index (χ0n) is 16.5. The van der Waals surface area contributed by atoms with Gasteiger partial charge in [0.2, 0.25) is 0 Å². The van der Waals surface area contributed by atoms with Gasteiger partial charge < -0.3 is 5.32 Å². The number of anilines is 3. The largest absolute Gasteiger partial charge is 0.340 e. The molecule has 0 spiro atoms. The van der Waals surface area contributed by atoms with Gasteiger partial charge in [-0.3, -0.25) is 9.40 Å². The van der Waals surface area contributed by atoms with Crippen LogP contribution in [0.5, 0.6) is 0 Å². The number of aromatic nitrogens is 3. The van der Waals surface area contributed by atoms with E-state index in [4.69, 9.17) is 11.6 Å². The molecule has 0 bridgehead atoms. The fourth-order valence-corrected chi connectivity index (χ4v) is 4.94. The second-order valence-electron chi connectivity index (χ2n) is 6.78. The monoisotopic (exact) mass is 495 g/mol. The van der Waals surface area contributed by atoms with E-state index in [1.165, 1.54) is 30.5 Å². The Labute approximate surface area is 191 Å². The fourth-order valence-electron chi connectivity index (χ4n) is 2.98. The fraction of sp³-hybridized carbons (Fsp3) is 0.100. The topological polar surface area (TPSA) is 88.9 Å². The minimum atomic E-state index is -4.11. The molecule has 0 unspecified atom stereocenters. The highest BCUT2D eigenvalue weighted by molar-refractivity contribution is 7.93. The first-order valence-electron chi connectivity index (χ1n) is 9.17. The number of benzene rings is 2. The maximum Gasteiger partial charge on any atom is 0.266 e. The summed E-state index contributed by atoms with van der Waals surface area (Å²) in [4.78, 5) is 3.35. The van der Waals surface area contributed by atoms with Gasteiger partial charge in [-0.15, -0.1) is 11.3 Å². The summed E-state index contributed by atoms with van der Waals surface area (Å²) < 4.78 is 56.9. The third-order valence-electron chi connectivity index (χ3n) is 4.45. The van der Waals surface area contributed by atoms with Crippen LogP contribution < -0.4 is 10.0 Å². The van der Waals surface area contributed by atoms with E-state index in [0.717, 1.165) is 17.4 Å². The number of aryl methyl sites for hydroxylation is 1. The highest BCUT2D eigenvalue weighted by Gasteiger charge is 2.21. The normalized spacial score (nSPS) is 11.5. The lowest BCUT2D eigenvalue weighted by molar-refractivity contribution is 0.570. The van der Waals surface area contributed by atoms with E-state index >= 15 is 0 Å². The Morgan fingerprint density at radius 3 is 2.62 bits per heavy atom. The number of nitrogens with zero attached hydrogens (tertiary/aromatic N) is 3. The van der Waals surface area contributed by atoms with Crippen LogP contribution in [0.2, 0.25) is 5.02 Å². The van der Waals surface area contributed by atoms with Crippen molar-refractivity contribution in [3.8, 4) is 0 Å². The summed E-state index contributed by atoms with van der Waals surface area (Å²) >= 11 is 6.80. The van der Waals surface area contributed by atoms with E-state index < -0.39 is 26.6 Å². The maximum absolute atomic E-state index is 14.6. The molecule has 0 saturated carbocycles. The SMILES string of the molecule is Cn1nc(Cc2ccc(Cl)c(F)c2)cc1Nc1ccc(S(=O)(=O)Nc2nccs2)c(F)c1. The van der Waals surface area contributed by atoms with Crippen LogP contribution >= 0.6 is 22.9 Å². The van der Waals surface area contributed by atoms with Gasteiger partial charge in [-0.1, -0.05) is 17.7 Å². The number of thiazole rings is 1. The van der Waals surface area contributed by atoms with Gasteiger partial charge in [0.1, 0.15) is 22.3 Å². The lowest BCUT2D eigenvalue weighted by atomic mass is 10.1. The molecular formula is C20H16ClF2N5O2S2. The summed E-state index contributed by atoms with van der Waals surface area (Å²) in [6.07, 6.45) is 1.81. The number of nitrogens with one attached hydrogen (secondary N) is 2. The molecule has 0 fully saturated rings. The minimum Gasteiger partial charge on any atom is -0.340 e. The van der Waals surface area contributed by atoms with Crippen LogP contribution in [0.25, 0.3) is 0 Å². The predicted octanol–water partition coefficient (Wildman–Crippen LogP) is 4.94. The van der Waals surface area contributed by atoms with Gasteiger partial charge in [-0.25, -0.2) is 22.2 Å². The molecular weight excluding hydrogens is 480 g/mol. The van der Waals surface area contributed by atoms with E-state index in [1.807, 2.05) is 0 Å². The summed E-state index contributed by atoms with van der Waals surface area (Å²) in [5, 5.41) is 9.17. The van der Waals surface area contributed by atoms with Crippen LogP contribution in [-0.2, 0) is 23.5 Å². The van der Waals surface area contributed by atoms with Crippen molar-refractivity contribution in [2.75, 3.05) is 10.0 Å². The zero-order chi connectivity index (χ0) is 22.9. The van der Waals surface area contributed by atoms with E-state index in [0.29, 0.717) is 29.2 Å². The van der Waals surface area contributed by atoms with Gasteiger partial charge in [0.05, 0.1) is 10.7 Å². The molecule has 7 nitrogen and oxygen atoms in total. The standard InChI is InChI=1S/C20H16ClF2N5O2S2/c1-28-19(11-14(26-28)8-12-2-4-15(21)16(22)9-12)25-13-3-5-18(17(23)10-13)32(29,30)27-20-24-6-7-31-20/h2-7,9-11,25H,8H2,1H3,(H,24,27).